The standard InChI is InChI=1S/C28H32O13/c1-34-17-4-11(5-18(35-2)26(17)36-3)20-12-6-15-16(39-10-38-15)7-13(12)25(14-9-37-27(33)21(14)20)41-28-24(32)23(31)22(30)19(8-29)40-28/h4-7,14,19-25,28-32H,8-10H2,1-3H3/t14-,19+,20+,21+,22+,23-,24+,25-,28-/m1/s1. The third-order valence-electron chi connectivity index (χ3n) is 8.29. The second-order valence-electron chi connectivity index (χ2n) is 10.3. The molecule has 9 atom stereocenters. The average Bonchev–Trinajstić information content (AvgIpc) is 3.61. The minimum absolute atomic E-state index is 0.0141. The van der Waals surface area contributed by atoms with Gasteiger partial charge in [0.2, 0.25) is 12.5 Å². The third kappa shape index (κ3) is 4.44. The molecule has 3 aliphatic heterocycles. The van der Waals surface area contributed by atoms with Gasteiger partial charge in [-0.3, -0.25) is 4.79 Å². The Balaban J connectivity index is 1.49. The lowest BCUT2D eigenvalue weighted by Crippen LogP contribution is -2.59. The van der Waals surface area contributed by atoms with Crippen LogP contribution in [0.5, 0.6) is 28.7 Å². The number of hydrogen-bond donors (Lipinski definition) is 4. The molecule has 2 aromatic rings. The molecule has 0 saturated carbocycles. The smallest absolute Gasteiger partial charge is 0.310 e. The molecule has 13 nitrogen and oxygen atoms in total. The van der Waals surface area contributed by atoms with E-state index in [0.29, 0.717) is 45.4 Å². The van der Waals surface area contributed by atoms with Crippen LogP contribution in [-0.4, -0.2) is 98.4 Å². The minimum atomic E-state index is -1.63. The van der Waals surface area contributed by atoms with Crippen molar-refractivity contribution in [2.24, 2.45) is 11.8 Å². The summed E-state index contributed by atoms with van der Waals surface area (Å²) in [6.45, 7) is -0.581. The first-order valence-electron chi connectivity index (χ1n) is 13.2. The van der Waals surface area contributed by atoms with Crippen molar-refractivity contribution in [2.75, 3.05) is 41.3 Å². The molecule has 0 amide bonds. The second kappa shape index (κ2) is 10.8. The van der Waals surface area contributed by atoms with Gasteiger partial charge in [0.25, 0.3) is 0 Å². The van der Waals surface area contributed by atoms with E-state index >= 15 is 0 Å². The van der Waals surface area contributed by atoms with Gasteiger partial charge in [-0.25, -0.2) is 0 Å². The summed E-state index contributed by atoms with van der Waals surface area (Å²) in [5, 5.41) is 41.0. The summed E-state index contributed by atoms with van der Waals surface area (Å²) in [6, 6.07) is 7.11. The first-order valence-corrected chi connectivity index (χ1v) is 13.2. The number of aliphatic hydroxyl groups excluding tert-OH is 4. The zero-order chi connectivity index (χ0) is 29.0. The van der Waals surface area contributed by atoms with E-state index in [1.165, 1.54) is 21.3 Å². The number of hydrogen-bond acceptors (Lipinski definition) is 13. The molecule has 6 rings (SSSR count). The predicted octanol–water partition coefficient (Wildman–Crippen LogP) is 0.233. The summed E-state index contributed by atoms with van der Waals surface area (Å²) < 4.78 is 45.5. The lowest BCUT2D eigenvalue weighted by Gasteiger charge is -2.44. The first-order chi connectivity index (χ1) is 19.8. The molecule has 2 saturated heterocycles. The van der Waals surface area contributed by atoms with Crippen LogP contribution in [-0.2, 0) is 19.0 Å². The largest absolute Gasteiger partial charge is 0.493 e. The summed E-state index contributed by atoms with van der Waals surface area (Å²) >= 11 is 0. The van der Waals surface area contributed by atoms with Crippen LogP contribution in [0.25, 0.3) is 0 Å². The Bertz CT molecular complexity index is 1290. The van der Waals surface area contributed by atoms with Crippen LogP contribution >= 0.6 is 0 Å². The topological polar surface area (TPSA) is 172 Å². The number of esters is 1. The minimum Gasteiger partial charge on any atom is -0.493 e. The first kappa shape index (κ1) is 27.8. The van der Waals surface area contributed by atoms with Gasteiger partial charge < -0.3 is 58.3 Å². The van der Waals surface area contributed by atoms with E-state index < -0.39 is 67.1 Å². The monoisotopic (exact) mass is 576 g/mol. The Hall–Kier alpha value is -3.33. The Morgan fingerprint density at radius 1 is 0.854 bits per heavy atom. The number of fused-ring (bicyclic) bond motifs is 3. The maximum absolute atomic E-state index is 13.4. The maximum Gasteiger partial charge on any atom is 0.310 e. The lowest BCUT2D eigenvalue weighted by atomic mass is 9.66. The predicted molar refractivity (Wildman–Crippen MR) is 136 cm³/mol. The third-order valence-corrected chi connectivity index (χ3v) is 8.29. The van der Waals surface area contributed by atoms with Gasteiger partial charge >= 0.3 is 5.97 Å². The molecular weight excluding hydrogens is 544 g/mol. The number of benzene rings is 2. The molecule has 13 heteroatoms. The van der Waals surface area contributed by atoms with Gasteiger partial charge in [-0.2, -0.15) is 0 Å². The Morgan fingerprint density at radius 3 is 2.12 bits per heavy atom. The van der Waals surface area contributed by atoms with Crippen molar-refractivity contribution in [2.45, 2.75) is 42.7 Å². The quantitative estimate of drug-likeness (QED) is 0.331. The van der Waals surface area contributed by atoms with E-state index in [2.05, 4.69) is 0 Å². The number of cyclic esters (lactones) is 1. The summed E-state index contributed by atoms with van der Waals surface area (Å²) in [7, 11) is 4.51. The van der Waals surface area contributed by atoms with Crippen LogP contribution in [0, 0.1) is 11.8 Å². The Kier molecular flexibility index (Phi) is 7.34. The summed E-state index contributed by atoms with van der Waals surface area (Å²) in [5.41, 5.74) is 2.00. The molecule has 222 valence electrons. The van der Waals surface area contributed by atoms with Gasteiger partial charge in [0.05, 0.1) is 46.6 Å². The van der Waals surface area contributed by atoms with Gasteiger partial charge in [-0.15, -0.1) is 0 Å². The molecule has 2 aromatic carbocycles. The van der Waals surface area contributed by atoms with Crippen molar-refractivity contribution in [3.63, 3.8) is 0 Å². The van der Waals surface area contributed by atoms with Crippen LogP contribution in [0.15, 0.2) is 24.3 Å². The molecule has 4 aliphatic rings. The molecule has 0 spiro atoms. The highest BCUT2D eigenvalue weighted by Gasteiger charge is 2.55. The van der Waals surface area contributed by atoms with Crippen LogP contribution in [0.2, 0.25) is 0 Å². The van der Waals surface area contributed by atoms with Crippen molar-refractivity contribution < 1.29 is 63.1 Å². The van der Waals surface area contributed by atoms with Gasteiger partial charge in [0, 0.05) is 11.8 Å². The Morgan fingerprint density at radius 2 is 1.51 bits per heavy atom. The SMILES string of the molecule is COc1cc([C@H]2c3cc4c(cc3[C@@H](O[C@H]3O[C@@H](CO)[C@H](O)[C@@H](O)[C@@H]3O)[C@@H]3COC(=O)[C@H]23)OCO4)cc(OC)c1OC. The highest BCUT2D eigenvalue weighted by atomic mass is 16.7. The maximum atomic E-state index is 13.4. The van der Waals surface area contributed by atoms with Crippen molar-refractivity contribution in [3.8, 4) is 28.7 Å². The van der Waals surface area contributed by atoms with Gasteiger partial charge in [0.15, 0.2) is 29.3 Å². The summed E-state index contributed by atoms with van der Waals surface area (Å²) in [4.78, 5) is 13.4. The van der Waals surface area contributed by atoms with Gasteiger partial charge in [0.1, 0.15) is 24.4 Å². The van der Waals surface area contributed by atoms with Crippen LogP contribution in [0.1, 0.15) is 28.7 Å². The fourth-order valence-corrected chi connectivity index (χ4v) is 6.29. The van der Waals surface area contributed by atoms with E-state index in [1.807, 2.05) is 0 Å². The van der Waals surface area contributed by atoms with Crippen molar-refractivity contribution in [1.29, 1.82) is 0 Å². The molecular formula is C28H32O13. The number of methoxy groups -OCH3 is 3. The molecule has 0 unspecified atom stereocenters. The fraction of sp³-hybridized carbons (Fsp3) is 0.536. The Labute approximate surface area is 235 Å². The zero-order valence-corrected chi connectivity index (χ0v) is 22.6. The van der Waals surface area contributed by atoms with Crippen molar-refractivity contribution >= 4 is 5.97 Å². The molecule has 4 N–H and O–H groups in total. The zero-order valence-electron chi connectivity index (χ0n) is 22.6. The molecule has 0 aromatic heterocycles. The number of ether oxygens (including phenoxy) is 8. The number of aliphatic hydroxyl groups is 4. The van der Waals surface area contributed by atoms with Crippen LogP contribution < -0.4 is 23.7 Å². The molecule has 0 bridgehead atoms. The van der Waals surface area contributed by atoms with Crippen molar-refractivity contribution in [1.82, 2.24) is 0 Å². The van der Waals surface area contributed by atoms with Gasteiger partial charge in [-0.1, -0.05) is 0 Å². The van der Waals surface area contributed by atoms with Crippen LogP contribution in [0.3, 0.4) is 0 Å². The van der Waals surface area contributed by atoms with E-state index in [0.717, 1.165) is 0 Å². The van der Waals surface area contributed by atoms with E-state index in [9.17, 15) is 25.2 Å². The van der Waals surface area contributed by atoms with Crippen molar-refractivity contribution in [3.05, 3.63) is 41.0 Å². The lowest BCUT2D eigenvalue weighted by molar-refractivity contribution is -0.317. The highest BCUT2D eigenvalue weighted by Crippen LogP contribution is 2.57. The molecule has 41 heavy (non-hydrogen) atoms. The second-order valence-corrected chi connectivity index (χ2v) is 10.3. The van der Waals surface area contributed by atoms with E-state index in [1.54, 1.807) is 24.3 Å². The van der Waals surface area contributed by atoms with E-state index in [-0.39, 0.29) is 13.4 Å². The molecule has 0 radical (unpaired) electrons. The molecule has 1 aliphatic carbocycles. The highest BCUT2D eigenvalue weighted by molar-refractivity contribution is 5.79. The fourth-order valence-electron chi connectivity index (χ4n) is 6.29. The summed E-state index contributed by atoms with van der Waals surface area (Å²) in [6.07, 6.45) is -8.26. The number of carbonyl (C=O) groups excluding carboxylic acids is 1. The summed E-state index contributed by atoms with van der Waals surface area (Å²) in [5.74, 6) is -0.112. The average molecular weight is 577 g/mol. The van der Waals surface area contributed by atoms with E-state index in [4.69, 9.17) is 37.9 Å². The number of carbonyl (C=O) groups is 1. The number of rotatable bonds is 7. The van der Waals surface area contributed by atoms with Crippen LogP contribution in [0.4, 0.5) is 0 Å². The molecule has 2 fully saturated rings. The molecule has 3 heterocycles. The van der Waals surface area contributed by atoms with Gasteiger partial charge in [-0.05, 0) is 41.0 Å². The normalized spacial score (nSPS) is 33.5.